The number of carbonyl (C=O) groups excluding carboxylic acids is 2. The van der Waals surface area contributed by atoms with Gasteiger partial charge in [0.25, 0.3) is 5.91 Å². The van der Waals surface area contributed by atoms with Crippen LogP contribution in [0.5, 0.6) is 0 Å². The van der Waals surface area contributed by atoms with Gasteiger partial charge in [-0.05, 0) is 29.0 Å². The van der Waals surface area contributed by atoms with E-state index >= 15 is 0 Å². The Morgan fingerprint density at radius 2 is 1.61 bits per heavy atom. The van der Waals surface area contributed by atoms with Gasteiger partial charge in [0.15, 0.2) is 6.61 Å². The molecule has 142 valence electrons. The van der Waals surface area contributed by atoms with Crippen LogP contribution >= 0.6 is 0 Å². The summed E-state index contributed by atoms with van der Waals surface area (Å²) in [7, 11) is 0. The number of rotatable bonds is 4. The lowest BCUT2D eigenvalue weighted by Crippen LogP contribution is -2.50. The molecule has 0 N–H and O–H groups in total. The van der Waals surface area contributed by atoms with Crippen LogP contribution in [0.2, 0.25) is 0 Å². The minimum atomic E-state index is -0.490. The lowest BCUT2D eigenvalue weighted by Gasteiger charge is -2.34. The first-order chi connectivity index (χ1) is 13.7. The topological polar surface area (TPSA) is 75.6 Å². The molecule has 1 saturated heterocycles. The van der Waals surface area contributed by atoms with Crippen molar-refractivity contribution >= 4 is 28.6 Å². The van der Waals surface area contributed by atoms with Crippen LogP contribution in [-0.4, -0.2) is 59.5 Å². The van der Waals surface area contributed by atoms with Gasteiger partial charge in [-0.15, -0.1) is 0 Å². The van der Waals surface area contributed by atoms with E-state index in [2.05, 4.69) is 9.97 Å². The number of nitrogens with zero attached hydrogens (tertiary/aromatic N) is 4. The van der Waals surface area contributed by atoms with E-state index in [1.54, 1.807) is 35.5 Å². The third-order valence-electron chi connectivity index (χ3n) is 4.78. The van der Waals surface area contributed by atoms with Gasteiger partial charge in [0.2, 0.25) is 5.95 Å². The minimum absolute atomic E-state index is 0.192. The first kappa shape index (κ1) is 17.9. The number of ether oxygens (including phenoxy) is 1. The molecule has 0 spiro atoms. The Kier molecular flexibility index (Phi) is 5.14. The fraction of sp³-hybridized carbons (Fsp3) is 0.238. The lowest BCUT2D eigenvalue weighted by atomic mass is 10.1. The van der Waals surface area contributed by atoms with Gasteiger partial charge in [-0.25, -0.2) is 14.8 Å². The van der Waals surface area contributed by atoms with Crippen molar-refractivity contribution in [1.82, 2.24) is 14.9 Å². The largest absolute Gasteiger partial charge is 0.452 e. The molecule has 0 atom stereocenters. The van der Waals surface area contributed by atoms with E-state index < -0.39 is 5.97 Å². The maximum atomic E-state index is 12.4. The van der Waals surface area contributed by atoms with E-state index in [-0.39, 0.29) is 12.5 Å². The maximum absolute atomic E-state index is 12.4. The lowest BCUT2D eigenvalue weighted by molar-refractivity contribution is -0.134. The first-order valence-electron chi connectivity index (χ1n) is 9.16. The second-order valence-electron chi connectivity index (χ2n) is 6.55. The third-order valence-corrected chi connectivity index (χ3v) is 4.78. The number of hydrogen-bond acceptors (Lipinski definition) is 6. The molecule has 7 heteroatoms. The van der Waals surface area contributed by atoms with Crippen molar-refractivity contribution in [1.29, 1.82) is 0 Å². The van der Waals surface area contributed by atoms with Crippen LogP contribution in [0, 0.1) is 0 Å². The zero-order chi connectivity index (χ0) is 19.3. The number of esters is 1. The maximum Gasteiger partial charge on any atom is 0.338 e. The average Bonchev–Trinajstić information content (AvgIpc) is 2.77. The Morgan fingerprint density at radius 3 is 2.36 bits per heavy atom. The van der Waals surface area contributed by atoms with Crippen LogP contribution in [0.25, 0.3) is 10.8 Å². The van der Waals surface area contributed by atoms with E-state index in [9.17, 15) is 9.59 Å². The Morgan fingerprint density at radius 1 is 0.893 bits per heavy atom. The summed E-state index contributed by atoms with van der Waals surface area (Å²) in [5, 5.41) is 2.01. The summed E-state index contributed by atoms with van der Waals surface area (Å²) >= 11 is 0. The SMILES string of the molecule is O=C(OCC(=O)N1CCN(c2ncccn2)CC1)c1ccc2ccccc2c1. The molecule has 0 radical (unpaired) electrons. The number of carbonyl (C=O) groups is 2. The van der Waals surface area contributed by atoms with E-state index in [0.717, 1.165) is 10.8 Å². The smallest absolute Gasteiger partial charge is 0.338 e. The van der Waals surface area contributed by atoms with Gasteiger partial charge in [0.1, 0.15) is 0 Å². The summed E-state index contributed by atoms with van der Waals surface area (Å²) < 4.78 is 5.24. The molecule has 1 aliphatic heterocycles. The molecule has 0 unspecified atom stereocenters. The monoisotopic (exact) mass is 376 g/mol. The average molecular weight is 376 g/mol. The summed E-state index contributed by atoms with van der Waals surface area (Å²) in [6.45, 7) is 2.13. The van der Waals surface area contributed by atoms with Crippen LogP contribution in [0.1, 0.15) is 10.4 Å². The zero-order valence-electron chi connectivity index (χ0n) is 15.3. The zero-order valence-corrected chi connectivity index (χ0v) is 15.3. The van der Waals surface area contributed by atoms with Gasteiger partial charge in [-0.2, -0.15) is 0 Å². The first-order valence-corrected chi connectivity index (χ1v) is 9.16. The van der Waals surface area contributed by atoms with Gasteiger partial charge < -0.3 is 14.5 Å². The Hall–Kier alpha value is -3.48. The number of anilines is 1. The van der Waals surface area contributed by atoms with Crippen LogP contribution in [0.4, 0.5) is 5.95 Å². The van der Waals surface area contributed by atoms with Crippen molar-refractivity contribution in [2.75, 3.05) is 37.7 Å². The summed E-state index contributed by atoms with van der Waals surface area (Å²) in [5.74, 6) is -0.0180. The molecule has 4 rings (SSSR count). The van der Waals surface area contributed by atoms with Crippen molar-refractivity contribution in [3.05, 3.63) is 66.5 Å². The molecule has 3 aromatic rings. The number of amides is 1. The van der Waals surface area contributed by atoms with Crippen LogP contribution in [-0.2, 0) is 9.53 Å². The molecule has 0 saturated carbocycles. The van der Waals surface area contributed by atoms with Crippen LogP contribution in [0.3, 0.4) is 0 Å². The number of aromatic nitrogens is 2. The summed E-state index contributed by atoms with van der Waals surface area (Å²) in [4.78, 5) is 36.9. The fourth-order valence-electron chi connectivity index (χ4n) is 3.23. The molecule has 1 aromatic heterocycles. The summed E-state index contributed by atoms with van der Waals surface area (Å²) in [5.41, 5.74) is 0.442. The van der Waals surface area contributed by atoms with E-state index in [1.807, 2.05) is 35.2 Å². The van der Waals surface area contributed by atoms with E-state index in [0.29, 0.717) is 37.7 Å². The van der Waals surface area contributed by atoms with Gasteiger partial charge in [-0.3, -0.25) is 4.79 Å². The number of hydrogen-bond donors (Lipinski definition) is 0. The van der Waals surface area contributed by atoms with Crippen LogP contribution < -0.4 is 4.90 Å². The summed E-state index contributed by atoms with van der Waals surface area (Å²) in [6.07, 6.45) is 3.40. The van der Waals surface area contributed by atoms with Gasteiger partial charge >= 0.3 is 5.97 Å². The van der Waals surface area contributed by atoms with Crippen molar-refractivity contribution in [2.24, 2.45) is 0 Å². The molecule has 1 aliphatic rings. The molecule has 7 nitrogen and oxygen atoms in total. The highest BCUT2D eigenvalue weighted by molar-refractivity contribution is 5.96. The Bertz CT molecular complexity index is 985. The van der Waals surface area contributed by atoms with Crippen LogP contribution in [0.15, 0.2) is 60.9 Å². The quantitative estimate of drug-likeness (QED) is 0.650. The molecular weight excluding hydrogens is 356 g/mol. The second kappa shape index (κ2) is 8.04. The highest BCUT2D eigenvalue weighted by atomic mass is 16.5. The summed E-state index contributed by atoms with van der Waals surface area (Å²) in [6, 6.07) is 14.9. The molecule has 1 amide bonds. The molecule has 0 bridgehead atoms. The number of benzene rings is 2. The highest BCUT2D eigenvalue weighted by Crippen LogP contribution is 2.16. The standard InChI is InChI=1S/C21H20N4O3/c26-19(24-10-12-25(13-11-24)21-22-8-3-9-23-21)15-28-20(27)18-7-6-16-4-1-2-5-17(16)14-18/h1-9,14H,10-13,15H2. The van der Waals surface area contributed by atoms with Gasteiger partial charge in [0.05, 0.1) is 5.56 Å². The minimum Gasteiger partial charge on any atom is -0.452 e. The Balaban J connectivity index is 1.30. The van der Waals surface area contributed by atoms with Gasteiger partial charge in [0, 0.05) is 38.6 Å². The third kappa shape index (κ3) is 3.93. The second-order valence-corrected chi connectivity index (χ2v) is 6.55. The highest BCUT2D eigenvalue weighted by Gasteiger charge is 2.23. The molecule has 2 aromatic carbocycles. The van der Waals surface area contributed by atoms with Crippen molar-refractivity contribution in [3.63, 3.8) is 0 Å². The fourth-order valence-corrected chi connectivity index (χ4v) is 3.23. The number of piperazine rings is 1. The molecule has 28 heavy (non-hydrogen) atoms. The Labute approximate surface area is 162 Å². The molecule has 1 fully saturated rings. The predicted molar refractivity (Wildman–Crippen MR) is 105 cm³/mol. The van der Waals surface area contributed by atoms with E-state index in [1.165, 1.54) is 0 Å². The predicted octanol–water partition coefficient (Wildman–Crippen LogP) is 2.14. The van der Waals surface area contributed by atoms with Crippen molar-refractivity contribution in [3.8, 4) is 0 Å². The van der Waals surface area contributed by atoms with Crippen molar-refractivity contribution in [2.45, 2.75) is 0 Å². The molecule has 2 heterocycles. The molecular formula is C21H20N4O3. The molecule has 0 aliphatic carbocycles. The van der Waals surface area contributed by atoms with E-state index in [4.69, 9.17) is 4.74 Å². The van der Waals surface area contributed by atoms with Gasteiger partial charge in [-0.1, -0.05) is 30.3 Å². The number of fused-ring (bicyclic) bond motifs is 1. The van der Waals surface area contributed by atoms with Crippen molar-refractivity contribution < 1.29 is 14.3 Å². The normalized spacial score (nSPS) is 14.1.